The van der Waals surface area contributed by atoms with E-state index in [4.69, 9.17) is 0 Å². The van der Waals surface area contributed by atoms with E-state index in [9.17, 15) is 9.59 Å². The summed E-state index contributed by atoms with van der Waals surface area (Å²) in [6, 6.07) is 25.0. The lowest BCUT2D eigenvalue weighted by Gasteiger charge is -2.31. The van der Waals surface area contributed by atoms with E-state index in [1.54, 1.807) is 11.9 Å². The van der Waals surface area contributed by atoms with Gasteiger partial charge in [-0.15, -0.1) is 0 Å². The van der Waals surface area contributed by atoms with Gasteiger partial charge in [0.25, 0.3) is 0 Å². The molecule has 3 rings (SSSR count). The van der Waals surface area contributed by atoms with Crippen molar-refractivity contribution < 1.29 is 9.59 Å². The first-order valence-corrected chi connectivity index (χ1v) is 11.1. The lowest BCUT2D eigenvalue weighted by molar-refractivity contribution is -0.140. The average Bonchev–Trinajstić information content (AvgIpc) is 2.76. The zero-order valence-electron chi connectivity index (χ0n) is 17.8. The van der Waals surface area contributed by atoms with Gasteiger partial charge < -0.3 is 10.2 Å². The number of nitrogens with zero attached hydrogens (tertiary/aromatic N) is 1. The number of likely N-dealkylation sites (N-methyl/N-ethyl adjacent to an activating group) is 1. The number of rotatable bonds is 8. The molecule has 0 bridgehead atoms. The zero-order chi connectivity index (χ0) is 22.2. The van der Waals surface area contributed by atoms with Crippen LogP contribution in [0.1, 0.15) is 22.3 Å². The molecule has 0 aliphatic carbocycles. The topological polar surface area (TPSA) is 49.4 Å². The van der Waals surface area contributed by atoms with Crippen LogP contribution in [0.2, 0.25) is 0 Å². The highest BCUT2D eigenvalue weighted by atomic mass is 79.9. The van der Waals surface area contributed by atoms with Crippen molar-refractivity contribution in [3.8, 4) is 0 Å². The van der Waals surface area contributed by atoms with E-state index >= 15 is 0 Å². The molecule has 3 aromatic rings. The molecule has 2 amide bonds. The van der Waals surface area contributed by atoms with Gasteiger partial charge in [0.2, 0.25) is 11.8 Å². The van der Waals surface area contributed by atoms with Crippen LogP contribution in [0.15, 0.2) is 83.3 Å². The Hall–Kier alpha value is -2.92. The van der Waals surface area contributed by atoms with E-state index < -0.39 is 6.04 Å². The Bertz CT molecular complexity index is 1040. The molecule has 1 unspecified atom stereocenters. The molecule has 1 N–H and O–H groups in total. The minimum atomic E-state index is -0.608. The molecule has 0 saturated carbocycles. The van der Waals surface area contributed by atoms with Crippen molar-refractivity contribution in [3.63, 3.8) is 0 Å². The third-order valence-corrected chi connectivity index (χ3v) is 5.69. The lowest BCUT2D eigenvalue weighted by atomic mass is 10.0. The molecule has 0 saturated heterocycles. The molecule has 5 heteroatoms. The van der Waals surface area contributed by atoms with Crippen molar-refractivity contribution in [1.82, 2.24) is 10.2 Å². The van der Waals surface area contributed by atoms with Crippen molar-refractivity contribution in [2.75, 3.05) is 7.05 Å². The summed E-state index contributed by atoms with van der Waals surface area (Å²) in [5, 5.41) is 2.75. The molecular weight excluding hydrogens is 452 g/mol. The second-order valence-electron chi connectivity index (χ2n) is 7.64. The second kappa shape index (κ2) is 10.9. The number of benzene rings is 3. The van der Waals surface area contributed by atoms with Gasteiger partial charge in [0.15, 0.2) is 0 Å². The fourth-order valence-corrected chi connectivity index (χ4v) is 4.10. The Morgan fingerprint density at radius 2 is 1.58 bits per heavy atom. The van der Waals surface area contributed by atoms with Crippen LogP contribution < -0.4 is 5.32 Å². The molecule has 3 aromatic carbocycles. The van der Waals surface area contributed by atoms with Crippen molar-refractivity contribution in [2.24, 2.45) is 0 Å². The Labute approximate surface area is 192 Å². The van der Waals surface area contributed by atoms with Crippen molar-refractivity contribution in [2.45, 2.75) is 32.4 Å². The fourth-order valence-electron chi connectivity index (χ4n) is 3.65. The summed E-state index contributed by atoms with van der Waals surface area (Å²) < 4.78 is 0.940. The van der Waals surface area contributed by atoms with E-state index in [0.717, 1.165) is 26.7 Å². The monoisotopic (exact) mass is 478 g/mol. The number of hydrogen-bond donors (Lipinski definition) is 1. The van der Waals surface area contributed by atoms with Gasteiger partial charge in [0.1, 0.15) is 6.04 Å². The largest absolute Gasteiger partial charge is 0.357 e. The molecule has 31 heavy (non-hydrogen) atoms. The minimum absolute atomic E-state index is 0.0740. The van der Waals surface area contributed by atoms with E-state index in [2.05, 4.69) is 21.2 Å². The second-order valence-corrected chi connectivity index (χ2v) is 8.55. The van der Waals surface area contributed by atoms with Gasteiger partial charge in [-0.2, -0.15) is 0 Å². The van der Waals surface area contributed by atoms with Gasteiger partial charge >= 0.3 is 0 Å². The van der Waals surface area contributed by atoms with E-state index in [-0.39, 0.29) is 18.2 Å². The van der Waals surface area contributed by atoms with E-state index in [1.165, 1.54) is 0 Å². The zero-order valence-corrected chi connectivity index (χ0v) is 19.4. The quantitative estimate of drug-likeness (QED) is 0.510. The maximum absolute atomic E-state index is 13.5. The highest BCUT2D eigenvalue weighted by molar-refractivity contribution is 9.10. The van der Waals surface area contributed by atoms with Gasteiger partial charge in [-0.05, 0) is 35.7 Å². The van der Waals surface area contributed by atoms with Crippen LogP contribution in [-0.2, 0) is 29.0 Å². The van der Waals surface area contributed by atoms with Crippen LogP contribution in [0.3, 0.4) is 0 Å². The maximum atomic E-state index is 13.5. The number of amides is 2. The number of nitrogens with one attached hydrogen (secondary N) is 1. The normalized spacial score (nSPS) is 11.6. The molecule has 0 aliphatic heterocycles. The van der Waals surface area contributed by atoms with E-state index in [1.807, 2.05) is 85.8 Å². The molecule has 0 fully saturated rings. The lowest BCUT2D eigenvalue weighted by Crippen LogP contribution is -2.50. The molecule has 0 aromatic heterocycles. The van der Waals surface area contributed by atoms with Crippen molar-refractivity contribution in [3.05, 3.63) is 106 Å². The summed E-state index contributed by atoms with van der Waals surface area (Å²) in [6.45, 7) is 2.37. The first kappa shape index (κ1) is 22.8. The summed E-state index contributed by atoms with van der Waals surface area (Å²) in [6.07, 6.45) is 0.700. The van der Waals surface area contributed by atoms with Gasteiger partial charge in [-0.3, -0.25) is 9.59 Å². The number of hydrogen-bond acceptors (Lipinski definition) is 2. The molecule has 160 valence electrons. The number of carbonyl (C=O) groups is 2. The molecule has 1 atom stereocenters. The molecule has 0 spiro atoms. The summed E-state index contributed by atoms with van der Waals surface area (Å²) in [5.41, 5.74) is 4.03. The summed E-state index contributed by atoms with van der Waals surface area (Å²) in [5.74, 6) is -0.244. The predicted octanol–water partition coefficient (Wildman–Crippen LogP) is 4.69. The van der Waals surface area contributed by atoms with E-state index in [0.29, 0.717) is 13.0 Å². The minimum Gasteiger partial charge on any atom is -0.357 e. The van der Waals surface area contributed by atoms with Gasteiger partial charge in [-0.25, -0.2) is 0 Å². The number of carbonyl (C=O) groups excluding carboxylic acids is 2. The first-order chi connectivity index (χ1) is 15.0. The van der Waals surface area contributed by atoms with Crippen LogP contribution in [-0.4, -0.2) is 29.8 Å². The average molecular weight is 479 g/mol. The number of aryl methyl sites for hydroxylation is 1. The fraction of sp³-hybridized carbons (Fsp3) is 0.231. The standard InChI is InChI=1S/C26H27BrN2O2/c1-19-8-6-11-21(14-19)17-25(30)29(18-22-12-7-13-23(27)15-22)24(26(31)28-2)16-20-9-4-3-5-10-20/h3-15,24H,16-18H2,1-2H3,(H,28,31). The summed E-state index contributed by atoms with van der Waals surface area (Å²) in [7, 11) is 1.61. The number of halogens is 1. The predicted molar refractivity (Wildman–Crippen MR) is 128 cm³/mol. The van der Waals surface area contributed by atoms with Crippen LogP contribution >= 0.6 is 15.9 Å². The van der Waals surface area contributed by atoms with Gasteiger partial charge in [0, 0.05) is 24.5 Å². The Kier molecular flexibility index (Phi) is 8.01. The first-order valence-electron chi connectivity index (χ1n) is 10.3. The van der Waals surface area contributed by atoms with Crippen molar-refractivity contribution >= 4 is 27.7 Å². The van der Waals surface area contributed by atoms with Gasteiger partial charge in [-0.1, -0.05) is 88.2 Å². The Balaban J connectivity index is 1.94. The van der Waals surface area contributed by atoms with Crippen LogP contribution in [0.5, 0.6) is 0 Å². The third kappa shape index (κ3) is 6.53. The maximum Gasteiger partial charge on any atom is 0.242 e. The highest BCUT2D eigenvalue weighted by Gasteiger charge is 2.29. The van der Waals surface area contributed by atoms with Crippen LogP contribution in [0.25, 0.3) is 0 Å². The summed E-state index contributed by atoms with van der Waals surface area (Å²) in [4.78, 5) is 28.1. The SMILES string of the molecule is CNC(=O)C(Cc1ccccc1)N(Cc1cccc(Br)c1)C(=O)Cc1cccc(C)c1. The molecule has 0 radical (unpaired) electrons. The summed E-state index contributed by atoms with van der Waals surface area (Å²) >= 11 is 3.50. The highest BCUT2D eigenvalue weighted by Crippen LogP contribution is 2.19. The van der Waals surface area contributed by atoms with Crippen molar-refractivity contribution in [1.29, 1.82) is 0 Å². The Morgan fingerprint density at radius 1 is 0.903 bits per heavy atom. The molecular formula is C26H27BrN2O2. The van der Waals surface area contributed by atoms with Crippen LogP contribution in [0.4, 0.5) is 0 Å². The molecule has 4 nitrogen and oxygen atoms in total. The molecule has 0 heterocycles. The smallest absolute Gasteiger partial charge is 0.242 e. The third-order valence-electron chi connectivity index (χ3n) is 5.20. The van der Waals surface area contributed by atoms with Crippen LogP contribution in [0, 0.1) is 6.92 Å². The van der Waals surface area contributed by atoms with Gasteiger partial charge in [0.05, 0.1) is 6.42 Å². The Morgan fingerprint density at radius 3 is 2.26 bits per heavy atom. The molecule has 0 aliphatic rings.